The van der Waals surface area contributed by atoms with Gasteiger partial charge in [-0.15, -0.1) is 11.6 Å². The molecule has 5 heteroatoms. The lowest BCUT2D eigenvalue weighted by atomic mass is 9.82. The fourth-order valence-electron chi connectivity index (χ4n) is 2.47. The van der Waals surface area contributed by atoms with E-state index in [0.717, 1.165) is 12.8 Å². The van der Waals surface area contributed by atoms with Crippen molar-refractivity contribution in [2.24, 2.45) is 5.92 Å². The van der Waals surface area contributed by atoms with Crippen molar-refractivity contribution >= 4 is 23.4 Å². The summed E-state index contributed by atoms with van der Waals surface area (Å²) in [5.74, 6) is -0.760. The van der Waals surface area contributed by atoms with Crippen LogP contribution in [0.5, 0.6) is 0 Å². The molecule has 0 spiro atoms. The Morgan fingerprint density at radius 2 is 1.94 bits per heavy atom. The van der Waals surface area contributed by atoms with Crippen molar-refractivity contribution in [3.05, 3.63) is 0 Å². The molecule has 1 saturated carbocycles. The predicted molar refractivity (Wildman–Crippen MR) is 68.9 cm³/mol. The number of ether oxygens (including phenoxy) is 1. The lowest BCUT2D eigenvalue weighted by Crippen LogP contribution is -2.36. The molecule has 18 heavy (non-hydrogen) atoms. The van der Waals surface area contributed by atoms with Crippen LogP contribution in [0, 0.1) is 5.92 Å². The van der Waals surface area contributed by atoms with Gasteiger partial charge < -0.3 is 9.84 Å². The van der Waals surface area contributed by atoms with Gasteiger partial charge in [-0.25, -0.2) is 0 Å². The van der Waals surface area contributed by atoms with Gasteiger partial charge in [-0.05, 0) is 32.1 Å². The van der Waals surface area contributed by atoms with E-state index in [0.29, 0.717) is 25.7 Å². The number of Topliss-reactive ketones (excluding diaryl/α,β-unsaturated/α-hetero) is 1. The number of unbranched alkanes of at least 4 members (excludes halogenated alkanes) is 1. The Morgan fingerprint density at radius 3 is 2.56 bits per heavy atom. The predicted octanol–water partition coefficient (Wildman–Crippen LogP) is 2.62. The fraction of sp³-hybridized carbons (Fsp3) is 0.846. The maximum absolute atomic E-state index is 12.1. The molecule has 0 aromatic heterocycles. The molecule has 0 aromatic rings. The first-order valence-corrected chi connectivity index (χ1v) is 6.89. The van der Waals surface area contributed by atoms with Crippen molar-refractivity contribution in [1.82, 2.24) is 0 Å². The Bertz CT molecular complexity index is 293. The van der Waals surface area contributed by atoms with Gasteiger partial charge in [0.05, 0.1) is 6.10 Å². The third-order valence-electron chi connectivity index (χ3n) is 3.50. The number of alkyl halides is 1. The van der Waals surface area contributed by atoms with Gasteiger partial charge >= 0.3 is 5.97 Å². The number of carbonyl (C=O) groups excluding carboxylic acids is 1. The van der Waals surface area contributed by atoms with E-state index in [-0.39, 0.29) is 29.6 Å². The Labute approximate surface area is 113 Å². The second-order valence-corrected chi connectivity index (χ2v) is 5.48. The Kier molecular flexibility index (Phi) is 6.65. The fourth-order valence-corrected chi connectivity index (χ4v) is 2.79. The average molecular weight is 277 g/mol. The van der Waals surface area contributed by atoms with Crippen LogP contribution in [-0.2, 0) is 14.3 Å². The normalized spacial score (nSPS) is 28.0. The number of hydrogen-bond donors (Lipinski definition) is 1. The molecule has 0 aromatic carbocycles. The number of carboxylic acids is 1. The molecule has 1 fully saturated rings. The van der Waals surface area contributed by atoms with Gasteiger partial charge in [0.1, 0.15) is 5.78 Å². The van der Waals surface area contributed by atoms with E-state index in [2.05, 4.69) is 0 Å². The van der Waals surface area contributed by atoms with Crippen molar-refractivity contribution in [2.75, 3.05) is 7.11 Å². The minimum Gasteiger partial charge on any atom is -0.481 e. The molecule has 0 amide bonds. The molecular formula is C13H21ClO4. The first-order valence-electron chi connectivity index (χ1n) is 6.46. The average Bonchev–Trinajstić information content (AvgIpc) is 2.34. The van der Waals surface area contributed by atoms with Crippen LogP contribution in [0.1, 0.15) is 44.9 Å². The van der Waals surface area contributed by atoms with Gasteiger partial charge in [-0.3, -0.25) is 9.59 Å². The van der Waals surface area contributed by atoms with Crippen molar-refractivity contribution in [3.63, 3.8) is 0 Å². The minimum atomic E-state index is -0.810. The highest BCUT2D eigenvalue weighted by atomic mass is 35.5. The molecule has 1 N–H and O–H groups in total. The molecule has 104 valence electrons. The van der Waals surface area contributed by atoms with Crippen LogP contribution in [0.3, 0.4) is 0 Å². The van der Waals surface area contributed by atoms with E-state index in [4.69, 9.17) is 21.4 Å². The van der Waals surface area contributed by atoms with E-state index >= 15 is 0 Å². The summed E-state index contributed by atoms with van der Waals surface area (Å²) in [7, 11) is 1.63. The van der Waals surface area contributed by atoms with Crippen molar-refractivity contribution in [1.29, 1.82) is 0 Å². The number of rotatable bonds is 7. The topological polar surface area (TPSA) is 63.6 Å². The summed E-state index contributed by atoms with van der Waals surface area (Å²) in [6.45, 7) is 0. The summed E-state index contributed by atoms with van der Waals surface area (Å²) < 4.78 is 5.34. The second kappa shape index (κ2) is 7.74. The number of methoxy groups -OCH3 is 1. The molecule has 0 heterocycles. The Hall–Kier alpha value is -0.610. The van der Waals surface area contributed by atoms with Gasteiger partial charge in [0, 0.05) is 31.2 Å². The van der Waals surface area contributed by atoms with Crippen LogP contribution in [0.15, 0.2) is 0 Å². The van der Waals surface area contributed by atoms with Crippen LogP contribution in [0.25, 0.3) is 0 Å². The standard InChI is InChI=1S/C13H21ClO4/c1-18-12-7-6-9(14)8-10(12)11(15)4-2-3-5-13(16)17/h9-10,12H,2-8H2,1H3,(H,16,17). The minimum absolute atomic E-state index is 0.0213. The molecule has 0 radical (unpaired) electrons. The van der Waals surface area contributed by atoms with E-state index in [1.165, 1.54) is 0 Å². The summed E-state index contributed by atoms with van der Waals surface area (Å²) in [6.07, 6.45) is 4.12. The third kappa shape index (κ3) is 4.94. The number of halogens is 1. The highest BCUT2D eigenvalue weighted by Gasteiger charge is 2.34. The molecule has 1 aliphatic carbocycles. The molecule has 0 aliphatic heterocycles. The first-order chi connectivity index (χ1) is 8.54. The molecular weight excluding hydrogens is 256 g/mol. The van der Waals surface area contributed by atoms with Gasteiger partial charge in [0.2, 0.25) is 0 Å². The van der Waals surface area contributed by atoms with Gasteiger partial charge in [-0.2, -0.15) is 0 Å². The monoisotopic (exact) mass is 276 g/mol. The number of aliphatic carboxylic acids is 1. The lowest BCUT2D eigenvalue weighted by molar-refractivity contribution is -0.137. The Morgan fingerprint density at radius 1 is 1.28 bits per heavy atom. The van der Waals surface area contributed by atoms with Gasteiger partial charge in [0.25, 0.3) is 0 Å². The third-order valence-corrected chi connectivity index (χ3v) is 3.90. The number of ketones is 1. The zero-order chi connectivity index (χ0) is 13.5. The highest BCUT2D eigenvalue weighted by molar-refractivity contribution is 6.20. The van der Waals surface area contributed by atoms with E-state index in [1.807, 2.05) is 0 Å². The number of hydrogen-bond acceptors (Lipinski definition) is 3. The molecule has 0 bridgehead atoms. The van der Waals surface area contributed by atoms with Crippen LogP contribution >= 0.6 is 11.6 Å². The molecule has 4 nitrogen and oxygen atoms in total. The molecule has 1 aliphatic rings. The van der Waals surface area contributed by atoms with E-state index in [1.54, 1.807) is 7.11 Å². The quantitative estimate of drug-likeness (QED) is 0.573. The van der Waals surface area contributed by atoms with Crippen LogP contribution in [0.4, 0.5) is 0 Å². The van der Waals surface area contributed by atoms with Crippen LogP contribution in [-0.4, -0.2) is 35.4 Å². The molecule has 1 rings (SSSR count). The van der Waals surface area contributed by atoms with Crippen LogP contribution in [0.2, 0.25) is 0 Å². The molecule has 3 atom stereocenters. The van der Waals surface area contributed by atoms with Crippen molar-refractivity contribution in [3.8, 4) is 0 Å². The van der Waals surface area contributed by atoms with E-state index in [9.17, 15) is 9.59 Å². The lowest BCUT2D eigenvalue weighted by Gasteiger charge is -2.32. The number of carboxylic acid groups (broad SMARTS) is 1. The zero-order valence-electron chi connectivity index (χ0n) is 10.7. The zero-order valence-corrected chi connectivity index (χ0v) is 11.5. The summed E-state index contributed by atoms with van der Waals surface area (Å²) >= 11 is 6.10. The Balaban J connectivity index is 2.35. The highest BCUT2D eigenvalue weighted by Crippen LogP contribution is 2.31. The SMILES string of the molecule is COC1CCC(Cl)CC1C(=O)CCCCC(=O)O. The summed E-state index contributed by atoms with van der Waals surface area (Å²) in [5.41, 5.74) is 0. The van der Waals surface area contributed by atoms with E-state index < -0.39 is 5.97 Å². The van der Waals surface area contributed by atoms with Gasteiger partial charge in [0.15, 0.2) is 0 Å². The second-order valence-electron chi connectivity index (χ2n) is 4.86. The smallest absolute Gasteiger partial charge is 0.303 e. The summed E-state index contributed by atoms with van der Waals surface area (Å²) in [5, 5.41) is 8.58. The first kappa shape index (κ1) is 15.4. The van der Waals surface area contributed by atoms with Crippen molar-refractivity contribution in [2.45, 2.75) is 56.4 Å². The maximum atomic E-state index is 12.1. The van der Waals surface area contributed by atoms with Crippen LogP contribution < -0.4 is 0 Å². The number of carbonyl (C=O) groups is 2. The van der Waals surface area contributed by atoms with Gasteiger partial charge in [-0.1, -0.05) is 0 Å². The maximum Gasteiger partial charge on any atom is 0.303 e. The van der Waals surface area contributed by atoms with Crippen molar-refractivity contribution < 1.29 is 19.4 Å². The summed E-state index contributed by atoms with van der Waals surface area (Å²) in [6, 6.07) is 0. The largest absolute Gasteiger partial charge is 0.481 e. The molecule has 0 saturated heterocycles. The molecule has 3 unspecified atom stereocenters. The summed E-state index contributed by atoms with van der Waals surface area (Å²) in [4.78, 5) is 22.4.